The summed E-state index contributed by atoms with van der Waals surface area (Å²) in [6.07, 6.45) is 38.1. The highest BCUT2D eigenvalue weighted by molar-refractivity contribution is 7.47. The Labute approximate surface area is 305 Å². The Hall–Kier alpha value is -1.32. The summed E-state index contributed by atoms with van der Waals surface area (Å²) >= 11 is 0. The molecule has 0 saturated heterocycles. The number of rotatable bonds is 38. The van der Waals surface area contributed by atoms with Crippen LogP contribution in [0.15, 0.2) is 36.5 Å². The molecule has 0 spiro atoms. The lowest BCUT2D eigenvalue weighted by Crippen LogP contribution is -2.29. The van der Waals surface area contributed by atoms with Crippen LogP contribution in [0, 0.1) is 0 Å². The summed E-state index contributed by atoms with van der Waals surface area (Å²) in [4.78, 5) is 22.5. The van der Waals surface area contributed by atoms with Crippen LogP contribution in [0.4, 0.5) is 0 Å². The molecule has 50 heavy (non-hydrogen) atoms. The molecule has 0 fully saturated rings. The van der Waals surface area contributed by atoms with E-state index in [4.69, 9.17) is 23.6 Å². The standard InChI is InChI=1S/C40H75O9P/c1-3-5-7-9-11-13-15-17-19-21-23-25-27-29-31-33-46-36-39(37-48-50(44,45)47-35-38(42)34-41)49-40(43)32-30-28-26-24-22-20-18-16-14-12-10-8-6-4-2/h9,11,15-18,38-39,41-42H,3-8,10,12-14,19-37H2,1-2H3,(H,44,45)/b11-9-,17-15-,18-16-. The lowest BCUT2D eigenvalue weighted by molar-refractivity contribution is -0.154. The Morgan fingerprint density at radius 2 is 1.10 bits per heavy atom. The topological polar surface area (TPSA) is 132 Å². The Morgan fingerprint density at radius 1 is 0.620 bits per heavy atom. The van der Waals surface area contributed by atoms with Crippen LogP contribution < -0.4 is 0 Å². The molecule has 10 heteroatoms. The van der Waals surface area contributed by atoms with E-state index in [1.165, 1.54) is 77.0 Å². The number of carbonyl (C=O) groups excluding carboxylic acids is 1. The molecule has 0 aromatic rings. The molecule has 0 heterocycles. The highest BCUT2D eigenvalue weighted by Crippen LogP contribution is 2.43. The van der Waals surface area contributed by atoms with Crippen molar-refractivity contribution in [3.8, 4) is 0 Å². The smallest absolute Gasteiger partial charge is 0.457 e. The van der Waals surface area contributed by atoms with Crippen molar-refractivity contribution in [2.45, 2.75) is 180 Å². The van der Waals surface area contributed by atoms with E-state index in [1.807, 2.05) is 0 Å². The fraction of sp³-hybridized carbons (Fsp3) is 0.825. The SMILES string of the molecule is CCCC/C=C\C/C=C\CCCCCCCCOCC(COP(=O)(O)OCC(O)CO)OC(=O)CCCCCCC/C=C\CCCCCCC. The lowest BCUT2D eigenvalue weighted by Gasteiger charge is -2.20. The van der Waals surface area contributed by atoms with Gasteiger partial charge in [-0.25, -0.2) is 4.57 Å². The number of phosphoric acid groups is 1. The van der Waals surface area contributed by atoms with Gasteiger partial charge in [0.15, 0.2) is 0 Å². The van der Waals surface area contributed by atoms with Crippen molar-refractivity contribution in [3.05, 3.63) is 36.5 Å². The molecule has 3 unspecified atom stereocenters. The van der Waals surface area contributed by atoms with E-state index in [1.54, 1.807) is 0 Å². The van der Waals surface area contributed by atoms with Crippen LogP contribution in [0.3, 0.4) is 0 Å². The van der Waals surface area contributed by atoms with E-state index < -0.39 is 39.2 Å². The number of carbonyl (C=O) groups is 1. The van der Waals surface area contributed by atoms with Gasteiger partial charge in [0.25, 0.3) is 0 Å². The number of hydrogen-bond donors (Lipinski definition) is 3. The molecule has 0 saturated carbocycles. The van der Waals surface area contributed by atoms with Crippen LogP contribution in [0.5, 0.6) is 0 Å². The zero-order chi connectivity index (χ0) is 36.8. The molecule has 294 valence electrons. The van der Waals surface area contributed by atoms with Gasteiger partial charge in [-0.3, -0.25) is 13.8 Å². The van der Waals surface area contributed by atoms with E-state index in [2.05, 4.69) is 50.3 Å². The Bertz CT molecular complexity index is 877. The number of esters is 1. The van der Waals surface area contributed by atoms with Gasteiger partial charge in [-0.2, -0.15) is 0 Å². The van der Waals surface area contributed by atoms with Gasteiger partial charge < -0.3 is 24.6 Å². The van der Waals surface area contributed by atoms with Crippen molar-refractivity contribution >= 4 is 13.8 Å². The molecule has 0 aliphatic heterocycles. The van der Waals surface area contributed by atoms with Gasteiger partial charge in [-0.05, 0) is 64.2 Å². The lowest BCUT2D eigenvalue weighted by atomic mass is 10.1. The molecule has 3 atom stereocenters. The average Bonchev–Trinajstić information content (AvgIpc) is 3.10. The normalized spacial score (nSPS) is 14.6. The number of hydrogen-bond acceptors (Lipinski definition) is 8. The number of ether oxygens (including phenoxy) is 2. The van der Waals surface area contributed by atoms with Gasteiger partial charge in [0.1, 0.15) is 12.2 Å². The van der Waals surface area contributed by atoms with E-state index >= 15 is 0 Å². The summed E-state index contributed by atoms with van der Waals surface area (Å²) in [5.74, 6) is -0.397. The molecule has 0 aliphatic carbocycles. The first-order chi connectivity index (χ1) is 24.3. The molecule has 0 amide bonds. The molecular weight excluding hydrogens is 655 g/mol. The summed E-state index contributed by atoms with van der Waals surface area (Å²) in [6.45, 7) is 3.43. The molecule has 0 aromatic carbocycles. The van der Waals surface area contributed by atoms with Crippen molar-refractivity contribution in [2.24, 2.45) is 0 Å². The van der Waals surface area contributed by atoms with Gasteiger partial charge in [-0.15, -0.1) is 0 Å². The minimum Gasteiger partial charge on any atom is -0.457 e. The second-order valence-electron chi connectivity index (χ2n) is 13.3. The number of allylic oxidation sites excluding steroid dienone is 6. The van der Waals surface area contributed by atoms with E-state index in [-0.39, 0.29) is 19.6 Å². The molecule has 0 bridgehead atoms. The van der Waals surface area contributed by atoms with Crippen LogP contribution in [0.25, 0.3) is 0 Å². The Balaban J connectivity index is 4.25. The zero-order valence-electron chi connectivity index (χ0n) is 31.9. The zero-order valence-corrected chi connectivity index (χ0v) is 32.8. The monoisotopic (exact) mass is 731 g/mol. The quantitative estimate of drug-likeness (QED) is 0.0246. The van der Waals surface area contributed by atoms with Crippen LogP contribution in [0.2, 0.25) is 0 Å². The highest BCUT2D eigenvalue weighted by Gasteiger charge is 2.26. The van der Waals surface area contributed by atoms with E-state index in [0.29, 0.717) is 13.0 Å². The minimum atomic E-state index is -4.52. The number of aliphatic hydroxyl groups is 2. The highest BCUT2D eigenvalue weighted by atomic mass is 31.2. The predicted octanol–water partition coefficient (Wildman–Crippen LogP) is 10.5. The van der Waals surface area contributed by atoms with Gasteiger partial charge >= 0.3 is 13.8 Å². The first kappa shape index (κ1) is 48.7. The number of phosphoric ester groups is 1. The average molecular weight is 731 g/mol. The van der Waals surface area contributed by atoms with Crippen LogP contribution in [-0.4, -0.2) is 66.3 Å². The fourth-order valence-electron chi connectivity index (χ4n) is 5.19. The summed E-state index contributed by atoms with van der Waals surface area (Å²) in [5, 5.41) is 18.3. The van der Waals surface area contributed by atoms with Crippen LogP contribution in [-0.2, 0) is 27.9 Å². The second kappa shape index (κ2) is 37.4. The molecule has 0 aliphatic rings. The van der Waals surface area contributed by atoms with E-state index in [0.717, 1.165) is 64.2 Å². The third kappa shape index (κ3) is 36.5. The Kier molecular flexibility index (Phi) is 36.4. The van der Waals surface area contributed by atoms with Gasteiger partial charge in [-0.1, -0.05) is 134 Å². The molecular formula is C40H75O9P. The Morgan fingerprint density at radius 3 is 1.68 bits per heavy atom. The fourth-order valence-corrected chi connectivity index (χ4v) is 5.98. The maximum atomic E-state index is 12.6. The maximum absolute atomic E-state index is 12.6. The molecule has 3 N–H and O–H groups in total. The van der Waals surface area contributed by atoms with Crippen molar-refractivity contribution < 1.29 is 43.0 Å². The first-order valence-corrected chi connectivity index (χ1v) is 21.5. The first-order valence-electron chi connectivity index (χ1n) is 20.0. The molecule has 9 nitrogen and oxygen atoms in total. The van der Waals surface area contributed by atoms with Gasteiger partial charge in [0.2, 0.25) is 0 Å². The third-order valence-electron chi connectivity index (χ3n) is 8.30. The van der Waals surface area contributed by atoms with Gasteiger partial charge in [0, 0.05) is 13.0 Å². The molecule has 0 rings (SSSR count). The summed E-state index contributed by atoms with van der Waals surface area (Å²) in [5.41, 5.74) is 0. The molecule has 0 aromatic heterocycles. The number of aliphatic hydroxyl groups excluding tert-OH is 2. The van der Waals surface area contributed by atoms with Crippen LogP contribution >= 0.6 is 7.82 Å². The molecule has 0 radical (unpaired) electrons. The summed E-state index contributed by atoms with van der Waals surface area (Å²) < 4.78 is 33.3. The van der Waals surface area contributed by atoms with Crippen LogP contribution in [0.1, 0.15) is 168 Å². The van der Waals surface area contributed by atoms with Gasteiger partial charge in [0.05, 0.1) is 26.4 Å². The van der Waals surface area contributed by atoms with Crippen molar-refractivity contribution in [1.29, 1.82) is 0 Å². The van der Waals surface area contributed by atoms with Crippen molar-refractivity contribution in [3.63, 3.8) is 0 Å². The predicted molar refractivity (Wildman–Crippen MR) is 205 cm³/mol. The largest absolute Gasteiger partial charge is 0.472 e. The van der Waals surface area contributed by atoms with Crippen molar-refractivity contribution in [2.75, 3.05) is 33.0 Å². The minimum absolute atomic E-state index is 0.0391. The third-order valence-corrected chi connectivity index (χ3v) is 9.25. The maximum Gasteiger partial charge on any atom is 0.472 e. The van der Waals surface area contributed by atoms with E-state index in [9.17, 15) is 19.4 Å². The number of unbranched alkanes of at least 4 members (excludes halogenated alkanes) is 18. The summed E-state index contributed by atoms with van der Waals surface area (Å²) in [6, 6.07) is 0. The summed E-state index contributed by atoms with van der Waals surface area (Å²) in [7, 11) is -4.52. The second-order valence-corrected chi connectivity index (χ2v) is 14.7. The van der Waals surface area contributed by atoms with Crippen molar-refractivity contribution in [1.82, 2.24) is 0 Å².